The van der Waals surface area contributed by atoms with E-state index >= 15 is 0 Å². The first kappa shape index (κ1) is 56.4. The average molecular weight is 906 g/mol. The molecule has 0 aliphatic rings. The quantitative estimate of drug-likeness (QED) is 0.134. The minimum absolute atomic E-state index is 0. The maximum atomic E-state index is 8.25. The van der Waals surface area contributed by atoms with Crippen LogP contribution in [0.4, 0.5) is 0 Å². The number of nitriles is 2. The molecule has 0 aliphatic carbocycles. The van der Waals surface area contributed by atoms with E-state index in [0.29, 0.717) is 23.6 Å². The van der Waals surface area contributed by atoms with Crippen LogP contribution < -0.4 is 0 Å². The van der Waals surface area contributed by atoms with Crippen LogP contribution in [0.25, 0.3) is 45.8 Å². The Morgan fingerprint density at radius 2 is 0.603 bits per heavy atom. The van der Waals surface area contributed by atoms with Crippen LogP contribution in [0, 0.1) is 83.9 Å². The zero-order chi connectivity index (χ0) is 42.7. The molecule has 0 atom stereocenters. The number of nitrogens with zero attached hydrogens (tertiary/aromatic N) is 14. The number of aromatic nitrogens is 8. The van der Waals surface area contributed by atoms with Gasteiger partial charge in [0.25, 0.3) is 0 Å². The number of pyridine rings is 4. The molecule has 30 heteroatoms. The summed E-state index contributed by atoms with van der Waals surface area (Å²) < 4.78 is 11.1. The molecule has 6 heterocycles. The first-order chi connectivity index (χ1) is 26.6. The first-order valence-corrected chi connectivity index (χ1v) is 13.8. The molecule has 0 unspecified atom stereocenters. The van der Waals surface area contributed by atoms with Gasteiger partial charge in [0.2, 0.25) is 23.6 Å². The first-order valence-electron chi connectivity index (χ1n) is 13.8. The SMILES string of the molecule is CC#N.CC#N.O=[N+]([O-])[O-].O=[N+]([O-])[O-].O=[N+]([O-])[O-].O=[N+]([O-])[O-].[Cu+2].[Cu+2].c1cncc(-c2nnc(-c3cccnc3)o2)c1.c1cncc(-c2nnc(-c3cccnc3)o2)c1. The van der Waals surface area contributed by atoms with E-state index in [1.807, 2.05) is 48.5 Å². The largest absolute Gasteiger partial charge is 2.00 e. The van der Waals surface area contributed by atoms with E-state index < -0.39 is 20.3 Å². The molecule has 6 rings (SSSR count). The fourth-order valence-electron chi connectivity index (χ4n) is 2.87. The normalized spacial score (nSPS) is 8.00. The summed E-state index contributed by atoms with van der Waals surface area (Å²) >= 11 is 0. The second-order valence-corrected chi connectivity index (χ2v) is 8.13. The van der Waals surface area contributed by atoms with Crippen LogP contribution in [0.15, 0.2) is 107 Å². The van der Waals surface area contributed by atoms with E-state index in [9.17, 15) is 0 Å². The van der Waals surface area contributed by atoms with Crippen molar-refractivity contribution in [3.63, 3.8) is 0 Å². The predicted octanol–water partition coefficient (Wildman–Crippen LogP) is 4.49. The van der Waals surface area contributed by atoms with E-state index in [2.05, 4.69) is 40.3 Å². The van der Waals surface area contributed by atoms with Crippen molar-refractivity contribution in [2.24, 2.45) is 0 Å². The van der Waals surface area contributed by atoms with Crippen LogP contribution >= 0.6 is 0 Å². The molecule has 0 N–H and O–H groups in total. The van der Waals surface area contributed by atoms with E-state index in [-0.39, 0.29) is 34.1 Å². The van der Waals surface area contributed by atoms with Gasteiger partial charge in [0, 0.05) is 63.4 Å². The molecule has 6 aromatic rings. The van der Waals surface area contributed by atoms with Gasteiger partial charge in [0.15, 0.2) is 0 Å². The third-order valence-corrected chi connectivity index (χ3v) is 4.48. The molecule has 0 amide bonds. The van der Waals surface area contributed by atoms with E-state index in [1.165, 1.54) is 13.8 Å². The minimum Gasteiger partial charge on any atom is -0.416 e. The summed E-state index contributed by atoms with van der Waals surface area (Å²) in [6, 6.07) is 18.3. The van der Waals surface area contributed by atoms with Gasteiger partial charge in [-0.3, -0.25) is 19.9 Å². The number of hydrogen-bond acceptors (Lipinski definition) is 24. The van der Waals surface area contributed by atoms with Crippen LogP contribution in [-0.4, -0.2) is 60.7 Å². The summed E-state index contributed by atoms with van der Waals surface area (Å²) in [6.07, 6.45) is 13.5. The third kappa shape index (κ3) is 31.2. The minimum atomic E-state index is -1.75. The summed E-state index contributed by atoms with van der Waals surface area (Å²) in [5.74, 6) is 1.82. The van der Waals surface area contributed by atoms with E-state index in [0.717, 1.165) is 22.3 Å². The van der Waals surface area contributed by atoms with Gasteiger partial charge < -0.3 is 70.1 Å². The van der Waals surface area contributed by atoms with E-state index in [1.54, 1.807) is 61.7 Å². The van der Waals surface area contributed by atoms with Crippen molar-refractivity contribution in [1.82, 2.24) is 40.3 Å². The Labute approximate surface area is 344 Å². The third-order valence-electron chi connectivity index (χ3n) is 4.48. The van der Waals surface area contributed by atoms with E-state index in [4.69, 9.17) is 80.6 Å². The van der Waals surface area contributed by atoms with Crippen LogP contribution in [0.2, 0.25) is 0 Å². The molecule has 2 radical (unpaired) electrons. The molecule has 0 aromatic carbocycles. The molecule has 0 bridgehead atoms. The maximum absolute atomic E-state index is 8.25. The smallest absolute Gasteiger partial charge is 0.416 e. The summed E-state index contributed by atoms with van der Waals surface area (Å²) in [7, 11) is 0. The topological polar surface area (TPSA) is 442 Å². The molecule has 310 valence electrons. The fraction of sp³-hybridized carbons (Fsp3) is 0.0714. The van der Waals surface area contributed by atoms with Gasteiger partial charge in [-0.25, -0.2) is 0 Å². The van der Waals surface area contributed by atoms with Crippen molar-refractivity contribution in [1.29, 1.82) is 10.5 Å². The molecule has 0 saturated carbocycles. The maximum Gasteiger partial charge on any atom is 2.00 e. The van der Waals surface area contributed by atoms with Gasteiger partial charge >= 0.3 is 34.1 Å². The zero-order valence-corrected chi connectivity index (χ0v) is 30.7. The Hall–Kier alpha value is -8.30. The molecule has 0 spiro atoms. The Balaban J connectivity index is -0.000000330. The van der Waals surface area contributed by atoms with Gasteiger partial charge in [0.05, 0.1) is 54.7 Å². The molecular weight excluding hydrogens is 883 g/mol. The van der Waals surface area contributed by atoms with Gasteiger partial charge in [-0.2, -0.15) is 10.5 Å². The molecule has 0 saturated heterocycles. The molecule has 58 heavy (non-hydrogen) atoms. The van der Waals surface area contributed by atoms with Crippen molar-refractivity contribution in [2.75, 3.05) is 0 Å². The van der Waals surface area contributed by atoms with Crippen LogP contribution in [-0.2, 0) is 34.1 Å². The Kier molecular flexibility index (Phi) is 34.8. The second-order valence-electron chi connectivity index (χ2n) is 8.13. The van der Waals surface area contributed by atoms with Crippen LogP contribution in [0.1, 0.15) is 13.8 Å². The van der Waals surface area contributed by atoms with Crippen molar-refractivity contribution in [3.8, 4) is 58.0 Å². The standard InChI is InChI=1S/2C12H8N4O.2C2H3N.2Cu.4NO3/c2*1-3-9(7-13-5-1)11-15-16-12(17-11)10-4-2-6-14-8-10;2*1-2-3;;;4*2-1(3)4/h2*1-8H;2*1H3;;;;;;/q;;;;2*+2;4*-1. The summed E-state index contributed by atoms with van der Waals surface area (Å²) in [4.78, 5) is 49.0. The summed E-state index contributed by atoms with van der Waals surface area (Å²) in [5.41, 5.74) is 3.20. The molecule has 0 fully saturated rings. The van der Waals surface area contributed by atoms with Crippen molar-refractivity contribution < 1.29 is 63.3 Å². The zero-order valence-electron chi connectivity index (χ0n) is 28.8. The summed E-state index contributed by atoms with van der Waals surface area (Å²) in [6.45, 7) is 2.86. The number of rotatable bonds is 4. The van der Waals surface area contributed by atoms with Crippen molar-refractivity contribution in [2.45, 2.75) is 13.8 Å². The molecule has 6 aromatic heterocycles. The Morgan fingerprint density at radius 3 is 0.724 bits per heavy atom. The fourth-order valence-corrected chi connectivity index (χ4v) is 2.87. The molecule has 0 aliphatic heterocycles. The van der Waals surface area contributed by atoms with Gasteiger partial charge in [-0.15, -0.1) is 20.4 Å². The predicted molar refractivity (Wildman–Crippen MR) is 186 cm³/mol. The Morgan fingerprint density at radius 1 is 0.448 bits per heavy atom. The van der Waals surface area contributed by atoms with Crippen LogP contribution in [0.3, 0.4) is 0 Å². The monoisotopic (exact) mass is 904 g/mol. The number of hydrogen-bond donors (Lipinski definition) is 0. The second kappa shape index (κ2) is 35.7. The molecular formula is C28H22Cu2N14O14. The van der Waals surface area contributed by atoms with Gasteiger partial charge in [-0.05, 0) is 48.5 Å². The van der Waals surface area contributed by atoms with Crippen LogP contribution in [0.5, 0.6) is 0 Å². The summed E-state index contributed by atoms with van der Waals surface area (Å²) in [5, 5.41) is 89.6. The average Bonchev–Trinajstić information content (AvgIpc) is 3.85. The van der Waals surface area contributed by atoms with Crippen molar-refractivity contribution >= 4 is 0 Å². The van der Waals surface area contributed by atoms with Gasteiger partial charge in [0.1, 0.15) is 0 Å². The molecule has 28 nitrogen and oxygen atoms in total. The van der Waals surface area contributed by atoms with Gasteiger partial charge in [-0.1, -0.05) is 0 Å². The van der Waals surface area contributed by atoms with Crippen molar-refractivity contribution in [3.05, 3.63) is 159 Å². The Bertz CT molecular complexity index is 1780.